The number of methoxy groups -OCH3 is 2. The minimum atomic E-state index is -0.782. The zero-order chi connectivity index (χ0) is 23.4. The Kier molecular flexibility index (Phi) is 6.44. The van der Waals surface area contributed by atoms with Crippen molar-refractivity contribution < 1.29 is 24.2 Å². The average molecular weight is 447 g/mol. The van der Waals surface area contributed by atoms with Crippen molar-refractivity contribution in [2.75, 3.05) is 20.8 Å². The number of para-hydroxylation sites is 1. The highest BCUT2D eigenvalue weighted by Crippen LogP contribution is 2.42. The smallest absolute Gasteiger partial charge is 0.295 e. The third-order valence-electron chi connectivity index (χ3n) is 5.69. The number of aromatic nitrogens is 2. The molecule has 1 aliphatic rings. The van der Waals surface area contributed by atoms with Crippen molar-refractivity contribution in [1.82, 2.24) is 14.5 Å². The summed E-state index contributed by atoms with van der Waals surface area (Å²) in [6, 6.07) is 13.2. The van der Waals surface area contributed by atoms with Crippen LogP contribution in [-0.4, -0.2) is 52.0 Å². The van der Waals surface area contributed by atoms with E-state index in [2.05, 4.69) is 4.98 Å². The van der Waals surface area contributed by atoms with Gasteiger partial charge >= 0.3 is 0 Å². The van der Waals surface area contributed by atoms with Crippen molar-refractivity contribution >= 4 is 17.4 Å². The van der Waals surface area contributed by atoms with Crippen LogP contribution in [0.5, 0.6) is 11.5 Å². The number of likely N-dealkylation sites (tertiary alicyclic amines) is 1. The molecule has 0 bridgehead atoms. The maximum atomic E-state index is 13.2. The van der Waals surface area contributed by atoms with Crippen LogP contribution in [0.25, 0.3) is 5.76 Å². The number of amides is 1. The number of aliphatic hydroxyl groups excluding tert-OH is 1. The second kappa shape index (κ2) is 9.60. The number of benzene rings is 2. The zero-order valence-electron chi connectivity index (χ0n) is 18.5. The van der Waals surface area contributed by atoms with Crippen LogP contribution in [0.4, 0.5) is 0 Å². The van der Waals surface area contributed by atoms with Crippen LogP contribution in [0.3, 0.4) is 0 Å². The Morgan fingerprint density at radius 1 is 1.06 bits per heavy atom. The molecule has 3 aromatic rings. The van der Waals surface area contributed by atoms with Gasteiger partial charge in [0.25, 0.3) is 11.7 Å². The predicted octanol–water partition coefficient (Wildman–Crippen LogP) is 3.41. The number of rotatable bonds is 8. The van der Waals surface area contributed by atoms with Crippen LogP contribution in [0.1, 0.15) is 23.6 Å². The zero-order valence-corrected chi connectivity index (χ0v) is 18.5. The number of aliphatic hydroxyl groups is 1. The van der Waals surface area contributed by atoms with Gasteiger partial charge in [-0.05, 0) is 24.6 Å². The molecule has 0 aliphatic carbocycles. The van der Waals surface area contributed by atoms with Crippen LogP contribution in [-0.2, 0) is 16.1 Å². The Morgan fingerprint density at radius 2 is 1.88 bits per heavy atom. The van der Waals surface area contributed by atoms with Gasteiger partial charge in [0.1, 0.15) is 17.3 Å². The van der Waals surface area contributed by atoms with Gasteiger partial charge in [0.05, 0.1) is 32.2 Å². The molecule has 2 aromatic carbocycles. The van der Waals surface area contributed by atoms with Gasteiger partial charge in [-0.3, -0.25) is 9.59 Å². The number of carbonyl (C=O) groups excluding carboxylic acids is 2. The first-order chi connectivity index (χ1) is 16.0. The molecule has 1 unspecified atom stereocenters. The molecule has 1 N–H and O–H groups in total. The van der Waals surface area contributed by atoms with E-state index >= 15 is 0 Å². The fraction of sp³-hybridized carbons (Fsp3) is 0.240. The molecular formula is C25H25N3O5. The van der Waals surface area contributed by atoms with E-state index < -0.39 is 17.7 Å². The van der Waals surface area contributed by atoms with E-state index in [0.717, 1.165) is 0 Å². The Morgan fingerprint density at radius 3 is 2.61 bits per heavy atom. The number of aryl methyl sites for hydroxylation is 1. The Bertz CT molecular complexity index is 1190. The molecule has 1 aromatic heterocycles. The van der Waals surface area contributed by atoms with Gasteiger partial charge in [-0.15, -0.1) is 0 Å². The molecule has 33 heavy (non-hydrogen) atoms. The maximum absolute atomic E-state index is 13.2. The highest BCUT2D eigenvalue weighted by atomic mass is 16.5. The van der Waals surface area contributed by atoms with Crippen LogP contribution >= 0.6 is 0 Å². The molecule has 1 amide bonds. The first-order valence-electron chi connectivity index (χ1n) is 10.6. The van der Waals surface area contributed by atoms with Crippen molar-refractivity contribution in [3.63, 3.8) is 0 Å². The van der Waals surface area contributed by atoms with Crippen LogP contribution in [0, 0.1) is 0 Å². The topological polar surface area (TPSA) is 93.9 Å². The summed E-state index contributed by atoms with van der Waals surface area (Å²) in [4.78, 5) is 31.8. The molecule has 8 heteroatoms. The lowest BCUT2D eigenvalue weighted by atomic mass is 9.94. The van der Waals surface area contributed by atoms with Gasteiger partial charge in [-0.25, -0.2) is 4.98 Å². The lowest BCUT2D eigenvalue weighted by Crippen LogP contribution is -2.31. The molecule has 0 radical (unpaired) electrons. The fourth-order valence-electron chi connectivity index (χ4n) is 4.09. The van der Waals surface area contributed by atoms with Crippen LogP contribution in [0.15, 0.2) is 72.8 Å². The minimum absolute atomic E-state index is 0.0281. The Labute approximate surface area is 191 Å². The molecule has 1 aliphatic heterocycles. The molecule has 4 rings (SSSR count). The molecule has 1 atom stereocenters. The normalized spacial score (nSPS) is 17.4. The largest absolute Gasteiger partial charge is 0.507 e. The third-order valence-corrected chi connectivity index (χ3v) is 5.69. The van der Waals surface area contributed by atoms with E-state index in [1.165, 1.54) is 19.1 Å². The number of carbonyl (C=O) groups is 2. The lowest BCUT2D eigenvalue weighted by Gasteiger charge is -2.26. The van der Waals surface area contributed by atoms with E-state index in [4.69, 9.17) is 9.47 Å². The number of Topliss-reactive ketones (excluding diaryl/α,β-unsaturated/α-hetero) is 1. The number of ether oxygens (including phenoxy) is 2. The summed E-state index contributed by atoms with van der Waals surface area (Å²) in [5.74, 6) is -0.571. The van der Waals surface area contributed by atoms with Gasteiger partial charge in [-0.2, -0.15) is 0 Å². The molecule has 0 saturated carbocycles. The van der Waals surface area contributed by atoms with Crippen LogP contribution < -0.4 is 9.47 Å². The predicted molar refractivity (Wildman–Crippen MR) is 122 cm³/mol. The minimum Gasteiger partial charge on any atom is -0.507 e. The van der Waals surface area contributed by atoms with Crippen molar-refractivity contribution in [2.45, 2.75) is 19.0 Å². The summed E-state index contributed by atoms with van der Waals surface area (Å²) >= 11 is 0. The number of imidazole rings is 1. The number of ketones is 1. The van der Waals surface area contributed by atoms with Crippen molar-refractivity contribution in [1.29, 1.82) is 0 Å². The molecule has 8 nitrogen and oxygen atoms in total. The van der Waals surface area contributed by atoms with E-state index in [1.54, 1.807) is 48.9 Å². The first kappa shape index (κ1) is 22.1. The summed E-state index contributed by atoms with van der Waals surface area (Å²) in [7, 11) is 3.05. The Hall–Kier alpha value is -4.07. The molecule has 0 spiro atoms. The van der Waals surface area contributed by atoms with Crippen molar-refractivity contribution in [2.24, 2.45) is 0 Å². The van der Waals surface area contributed by atoms with E-state index in [-0.39, 0.29) is 11.3 Å². The first-order valence-corrected chi connectivity index (χ1v) is 10.6. The summed E-state index contributed by atoms with van der Waals surface area (Å²) in [5.41, 5.74) is 1.05. The fourth-order valence-corrected chi connectivity index (χ4v) is 4.09. The Balaban J connectivity index is 1.78. The summed E-state index contributed by atoms with van der Waals surface area (Å²) in [6.45, 7) is 0.956. The second-order valence-electron chi connectivity index (χ2n) is 7.62. The monoisotopic (exact) mass is 447 g/mol. The van der Waals surface area contributed by atoms with E-state index in [9.17, 15) is 14.7 Å². The molecule has 2 heterocycles. The summed E-state index contributed by atoms with van der Waals surface area (Å²) < 4.78 is 12.7. The molecule has 1 fully saturated rings. The highest BCUT2D eigenvalue weighted by molar-refractivity contribution is 6.46. The second-order valence-corrected chi connectivity index (χ2v) is 7.62. The molecular weight excluding hydrogens is 422 g/mol. The van der Waals surface area contributed by atoms with Crippen molar-refractivity contribution in [3.05, 3.63) is 84.0 Å². The molecule has 1 saturated heterocycles. The lowest BCUT2D eigenvalue weighted by molar-refractivity contribution is -0.140. The van der Waals surface area contributed by atoms with E-state index in [0.29, 0.717) is 42.1 Å². The highest BCUT2D eigenvalue weighted by Gasteiger charge is 2.46. The average Bonchev–Trinajstić information content (AvgIpc) is 3.46. The maximum Gasteiger partial charge on any atom is 0.295 e. The number of nitrogens with zero attached hydrogens (tertiary/aromatic N) is 3. The van der Waals surface area contributed by atoms with Gasteiger partial charge in [0.2, 0.25) is 0 Å². The van der Waals surface area contributed by atoms with Gasteiger partial charge in [0, 0.05) is 36.6 Å². The summed E-state index contributed by atoms with van der Waals surface area (Å²) in [6.07, 6.45) is 5.84. The standard InChI is InChI=1S/C25H25N3O5/c1-32-18-8-5-7-17(15-18)23(29)21-22(19-9-3-4-10-20(19)33-2)28(25(31)24(21)30)13-6-12-27-14-11-26-16-27/h3-5,7-11,14-16,22,29H,6,12-13H2,1-2H3. The van der Waals surface area contributed by atoms with Gasteiger partial charge in [0.15, 0.2) is 0 Å². The SMILES string of the molecule is COc1cccc(C(O)=C2C(=O)C(=O)N(CCCn3ccnc3)C2c2ccccc2OC)c1. The quantitative estimate of drug-likeness (QED) is 0.323. The van der Waals surface area contributed by atoms with Gasteiger partial charge in [-0.1, -0.05) is 30.3 Å². The van der Waals surface area contributed by atoms with E-state index in [1.807, 2.05) is 22.9 Å². The van der Waals surface area contributed by atoms with Gasteiger partial charge < -0.3 is 24.0 Å². The molecule has 170 valence electrons. The third kappa shape index (κ3) is 4.32. The number of hydrogen-bond donors (Lipinski definition) is 1. The van der Waals surface area contributed by atoms with Crippen molar-refractivity contribution in [3.8, 4) is 11.5 Å². The summed E-state index contributed by atoms with van der Waals surface area (Å²) in [5, 5.41) is 11.2. The number of hydrogen-bond acceptors (Lipinski definition) is 6. The van der Waals surface area contributed by atoms with Crippen LogP contribution in [0.2, 0.25) is 0 Å².